The maximum absolute atomic E-state index is 6.04. The van der Waals surface area contributed by atoms with Crippen molar-refractivity contribution in [1.82, 2.24) is 24.7 Å². The Hall–Kier alpha value is -2.64. The number of benzene rings is 1. The van der Waals surface area contributed by atoms with Crippen LogP contribution in [0.1, 0.15) is 12.8 Å². The first-order valence-electron chi connectivity index (χ1n) is 8.41. The Morgan fingerprint density at radius 3 is 2.74 bits per heavy atom. The quantitative estimate of drug-likeness (QED) is 0.428. The Morgan fingerprint density at radius 1 is 1.11 bits per heavy atom. The fourth-order valence-electron chi connectivity index (χ4n) is 2.67. The number of rotatable bonds is 6. The van der Waals surface area contributed by atoms with Gasteiger partial charge in [-0.25, -0.2) is 4.98 Å². The lowest BCUT2D eigenvalue weighted by Crippen LogP contribution is -2.00. The van der Waals surface area contributed by atoms with E-state index < -0.39 is 0 Å². The first-order valence-corrected chi connectivity index (χ1v) is 9.78. The van der Waals surface area contributed by atoms with Crippen molar-refractivity contribution < 1.29 is 4.42 Å². The van der Waals surface area contributed by atoms with E-state index in [1.165, 1.54) is 0 Å². The minimum absolute atomic E-state index is 0.565. The van der Waals surface area contributed by atoms with Crippen LogP contribution in [-0.4, -0.2) is 24.7 Å². The second-order valence-electron chi connectivity index (χ2n) is 5.70. The zero-order chi connectivity index (χ0) is 18.6. The lowest BCUT2D eigenvalue weighted by atomic mass is 10.2. The molecule has 0 amide bonds. The molecule has 0 N–H and O–H groups in total. The van der Waals surface area contributed by atoms with Crippen molar-refractivity contribution >= 4 is 23.4 Å². The number of aromatic nitrogens is 5. The number of oxazole rings is 1. The van der Waals surface area contributed by atoms with Crippen LogP contribution >= 0.6 is 23.4 Å². The Bertz CT molecular complexity index is 1050. The average molecular weight is 398 g/mol. The highest BCUT2D eigenvalue weighted by atomic mass is 35.5. The monoisotopic (exact) mass is 397 g/mol. The van der Waals surface area contributed by atoms with Gasteiger partial charge in [0.1, 0.15) is 0 Å². The van der Waals surface area contributed by atoms with Gasteiger partial charge in [-0.15, -0.1) is 10.2 Å². The molecule has 4 aromatic rings. The summed E-state index contributed by atoms with van der Waals surface area (Å²) in [6, 6.07) is 11.4. The first-order chi connectivity index (χ1) is 13.2. The summed E-state index contributed by atoms with van der Waals surface area (Å²) in [5.41, 5.74) is 1.90. The third-order valence-electron chi connectivity index (χ3n) is 3.96. The van der Waals surface area contributed by atoms with Crippen molar-refractivity contribution in [2.45, 2.75) is 24.4 Å². The van der Waals surface area contributed by atoms with Gasteiger partial charge >= 0.3 is 0 Å². The molecule has 1 aromatic carbocycles. The molecule has 0 radical (unpaired) electrons. The van der Waals surface area contributed by atoms with Crippen molar-refractivity contribution in [3.05, 3.63) is 65.9 Å². The highest BCUT2D eigenvalue weighted by Crippen LogP contribution is 2.28. The summed E-state index contributed by atoms with van der Waals surface area (Å²) in [4.78, 5) is 8.41. The average Bonchev–Trinajstić information content (AvgIpc) is 3.34. The molecule has 0 saturated carbocycles. The van der Waals surface area contributed by atoms with Crippen LogP contribution in [0.4, 0.5) is 0 Å². The van der Waals surface area contributed by atoms with E-state index in [9.17, 15) is 0 Å². The fraction of sp³-hybridized carbons (Fsp3) is 0.158. The standard InChI is InChI=1S/C19H16ClN5OS/c1-2-25-18(13-6-8-21-9-7-13)23-24-19(25)27-12-17-22-11-16(26-17)14-4-3-5-15(20)10-14/h3-11H,2,12H2,1H3. The van der Waals surface area contributed by atoms with E-state index in [1.807, 2.05) is 36.4 Å². The lowest BCUT2D eigenvalue weighted by Gasteiger charge is -2.06. The van der Waals surface area contributed by atoms with Crippen LogP contribution in [0.15, 0.2) is 64.6 Å². The summed E-state index contributed by atoms with van der Waals surface area (Å²) in [5, 5.41) is 10.1. The predicted octanol–water partition coefficient (Wildman–Crippen LogP) is 4.96. The normalized spacial score (nSPS) is 11.0. The minimum atomic E-state index is 0.565. The molecule has 0 fully saturated rings. The summed E-state index contributed by atoms with van der Waals surface area (Å²) in [7, 11) is 0. The summed E-state index contributed by atoms with van der Waals surface area (Å²) < 4.78 is 7.93. The molecule has 0 spiro atoms. The van der Waals surface area contributed by atoms with Gasteiger partial charge in [0.25, 0.3) is 0 Å². The predicted molar refractivity (Wildman–Crippen MR) is 105 cm³/mol. The van der Waals surface area contributed by atoms with Gasteiger partial charge in [-0.2, -0.15) is 0 Å². The smallest absolute Gasteiger partial charge is 0.205 e. The first kappa shape index (κ1) is 17.8. The maximum Gasteiger partial charge on any atom is 0.205 e. The Balaban J connectivity index is 1.51. The zero-order valence-corrected chi connectivity index (χ0v) is 16.1. The van der Waals surface area contributed by atoms with Gasteiger partial charge in [-0.3, -0.25) is 4.98 Å². The van der Waals surface area contributed by atoms with E-state index in [2.05, 4.69) is 31.7 Å². The fourth-order valence-corrected chi connectivity index (χ4v) is 3.72. The molecule has 0 aliphatic rings. The summed E-state index contributed by atoms with van der Waals surface area (Å²) in [6.45, 7) is 2.84. The molecule has 0 unspecified atom stereocenters. The Labute approximate surface area is 165 Å². The summed E-state index contributed by atoms with van der Waals surface area (Å²) >= 11 is 7.58. The van der Waals surface area contributed by atoms with Crippen molar-refractivity contribution in [3.63, 3.8) is 0 Å². The number of hydrogen-bond donors (Lipinski definition) is 0. The molecule has 136 valence electrons. The Kier molecular flexibility index (Phi) is 5.22. The number of halogens is 1. The number of thioether (sulfide) groups is 1. The number of pyridine rings is 1. The SMILES string of the molecule is CCn1c(SCc2ncc(-c3cccc(Cl)c3)o2)nnc1-c1ccncc1. The van der Waals surface area contributed by atoms with Crippen molar-refractivity contribution in [2.24, 2.45) is 0 Å². The molecule has 0 atom stereocenters. The highest BCUT2D eigenvalue weighted by Gasteiger charge is 2.15. The highest BCUT2D eigenvalue weighted by molar-refractivity contribution is 7.98. The molecule has 0 aliphatic carbocycles. The van der Waals surface area contributed by atoms with E-state index in [4.69, 9.17) is 16.0 Å². The molecule has 3 aromatic heterocycles. The van der Waals surface area contributed by atoms with Crippen molar-refractivity contribution in [2.75, 3.05) is 0 Å². The summed E-state index contributed by atoms with van der Waals surface area (Å²) in [6.07, 6.45) is 5.22. The van der Waals surface area contributed by atoms with E-state index in [0.717, 1.165) is 28.7 Å². The summed E-state index contributed by atoms with van der Waals surface area (Å²) in [5.74, 6) is 2.72. The van der Waals surface area contributed by atoms with Gasteiger partial charge in [-0.05, 0) is 31.2 Å². The van der Waals surface area contributed by atoms with Crippen molar-refractivity contribution in [1.29, 1.82) is 0 Å². The molecule has 8 heteroatoms. The van der Waals surface area contributed by atoms with Gasteiger partial charge in [0.2, 0.25) is 5.89 Å². The second-order valence-corrected chi connectivity index (χ2v) is 7.08. The number of nitrogens with zero attached hydrogens (tertiary/aromatic N) is 5. The van der Waals surface area contributed by atoms with Crippen molar-refractivity contribution in [3.8, 4) is 22.7 Å². The van der Waals surface area contributed by atoms with E-state index >= 15 is 0 Å². The molecule has 0 aliphatic heterocycles. The van der Waals surface area contributed by atoms with Crippen LogP contribution in [-0.2, 0) is 12.3 Å². The molecule has 6 nitrogen and oxygen atoms in total. The van der Waals surface area contributed by atoms with Gasteiger partial charge in [-0.1, -0.05) is 35.5 Å². The molecule has 0 bridgehead atoms. The maximum atomic E-state index is 6.04. The van der Waals surface area contributed by atoms with Gasteiger partial charge < -0.3 is 8.98 Å². The third kappa shape index (κ3) is 3.89. The van der Waals surface area contributed by atoms with Crippen LogP contribution < -0.4 is 0 Å². The van der Waals surface area contributed by atoms with Crippen LogP contribution in [0.3, 0.4) is 0 Å². The van der Waals surface area contributed by atoms with E-state index in [0.29, 0.717) is 22.4 Å². The number of hydrogen-bond acceptors (Lipinski definition) is 6. The molecule has 3 heterocycles. The zero-order valence-electron chi connectivity index (χ0n) is 14.5. The topological polar surface area (TPSA) is 69.6 Å². The molecular formula is C19H16ClN5OS. The minimum Gasteiger partial charge on any atom is -0.440 e. The van der Waals surface area contributed by atoms with Gasteiger partial charge in [0.15, 0.2) is 16.7 Å². The van der Waals surface area contributed by atoms with Crippen LogP contribution in [0.25, 0.3) is 22.7 Å². The van der Waals surface area contributed by atoms with Crippen LogP contribution in [0, 0.1) is 0 Å². The Morgan fingerprint density at radius 2 is 1.96 bits per heavy atom. The van der Waals surface area contributed by atoms with Crippen LogP contribution in [0.5, 0.6) is 0 Å². The second kappa shape index (κ2) is 7.94. The largest absolute Gasteiger partial charge is 0.440 e. The molecule has 27 heavy (non-hydrogen) atoms. The molecule has 0 saturated heterocycles. The lowest BCUT2D eigenvalue weighted by molar-refractivity contribution is 0.529. The van der Waals surface area contributed by atoms with Gasteiger partial charge in [0.05, 0.1) is 11.9 Å². The molecular weight excluding hydrogens is 382 g/mol. The third-order valence-corrected chi connectivity index (χ3v) is 5.15. The van der Waals surface area contributed by atoms with Crippen LogP contribution in [0.2, 0.25) is 5.02 Å². The van der Waals surface area contributed by atoms with Gasteiger partial charge in [0, 0.05) is 35.1 Å². The molecule has 4 rings (SSSR count). The van der Waals surface area contributed by atoms with E-state index in [-0.39, 0.29) is 0 Å². The van der Waals surface area contributed by atoms with E-state index in [1.54, 1.807) is 30.4 Å².